The number of fused-ring (bicyclic) bond motifs is 1. The van der Waals surface area contributed by atoms with E-state index in [1.54, 1.807) is 6.33 Å². The fourth-order valence-corrected chi connectivity index (χ4v) is 4.83. The molecule has 29 heavy (non-hydrogen) atoms. The topological polar surface area (TPSA) is 64.3 Å². The van der Waals surface area contributed by atoms with E-state index in [9.17, 15) is 4.79 Å². The third-order valence-electron chi connectivity index (χ3n) is 6.42. The first-order valence-corrected chi connectivity index (χ1v) is 10.2. The Morgan fingerprint density at radius 3 is 2.66 bits per heavy atom. The highest BCUT2D eigenvalue weighted by atomic mass is 16.2. The van der Waals surface area contributed by atoms with Gasteiger partial charge in [-0.25, -0.2) is 10.4 Å². The van der Waals surface area contributed by atoms with Crippen LogP contribution in [0, 0.1) is 12.8 Å². The third kappa shape index (κ3) is 2.45. The molecule has 2 atom stereocenters. The number of carbonyl (C=O) groups excluding carboxylic acids is 1. The molecule has 3 heterocycles. The Bertz CT molecular complexity index is 1160. The van der Waals surface area contributed by atoms with Crippen LogP contribution in [0.1, 0.15) is 30.0 Å². The molecule has 1 fully saturated rings. The summed E-state index contributed by atoms with van der Waals surface area (Å²) in [6, 6.07) is 14.7. The molecule has 3 aromatic rings. The number of nitrogens with zero attached hydrogens (tertiary/aromatic N) is 3. The number of aryl methyl sites for hydroxylation is 1. The monoisotopic (exact) mass is 385 g/mol. The van der Waals surface area contributed by atoms with E-state index < -0.39 is 0 Å². The van der Waals surface area contributed by atoms with Gasteiger partial charge in [-0.15, -0.1) is 0 Å². The molecule has 0 spiro atoms. The maximum atomic E-state index is 13.7. The number of anilines is 1. The molecule has 0 saturated heterocycles. The molecule has 2 N–H and O–H groups in total. The molecular weight excluding hydrogens is 362 g/mol. The van der Waals surface area contributed by atoms with Crippen molar-refractivity contribution in [1.82, 2.24) is 20.4 Å². The van der Waals surface area contributed by atoms with Crippen molar-refractivity contribution in [1.29, 1.82) is 0 Å². The summed E-state index contributed by atoms with van der Waals surface area (Å²) >= 11 is 0. The highest BCUT2D eigenvalue weighted by molar-refractivity contribution is 6.11. The third-order valence-corrected chi connectivity index (χ3v) is 6.42. The number of likely N-dealkylation sites (N-methyl/N-ethyl adjacent to an activating group) is 1. The molecule has 1 aliphatic carbocycles. The Hall–Kier alpha value is -3.12. The van der Waals surface area contributed by atoms with Crippen LogP contribution >= 0.6 is 0 Å². The molecule has 2 aliphatic heterocycles. The molecule has 3 aliphatic rings. The van der Waals surface area contributed by atoms with Crippen molar-refractivity contribution in [2.45, 2.75) is 31.8 Å². The summed E-state index contributed by atoms with van der Waals surface area (Å²) in [6.45, 7) is 2.09. The first-order valence-electron chi connectivity index (χ1n) is 10.2. The minimum absolute atomic E-state index is 0.0580. The van der Waals surface area contributed by atoms with Gasteiger partial charge in [0.1, 0.15) is 5.70 Å². The Morgan fingerprint density at radius 2 is 1.90 bits per heavy atom. The predicted octanol–water partition coefficient (Wildman–Crippen LogP) is 3.44. The van der Waals surface area contributed by atoms with E-state index in [1.165, 1.54) is 24.0 Å². The van der Waals surface area contributed by atoms with E-state index in [2.05, 4.69) is 46.6 Å². The molecule has 1 saturated carbocycles. The van der Waals surface area contributed by atoms with Gasteiger partial charge in [0, 0.05) is 18.3 Å². The number of imidazole rings is 1. The van der Waals surface area contributed by atoms with Crippen molar-refractivity contribution in [2.75, 3.05) is 11.9 Å². The molecule has 6 rings (SSSR count). The summed E-state index contributed by atoms with van der Waals surface area (Å²) in [5.74, 6) is 0.670. The standard InChI is InChI=1S/C23H23N5O/c1-13-3-5-15(6-4-13)21-19-20(14-7-8-14)26-27(2)22(19)23(29)28(21)16-9-10-17-18(11-16)25-12-24-17/h3-6,9-12,14,20-21,26H,7-8H2,1-2H3,(H,24,25). The fourth-order valence-electron chi connectivity index (χ4n) is 4.83. The van der Waals surface area contributed by atoms with Crippen molar-refractivity contribution in [2.24, 2.45) is 5.92 Å². The van der Waals surface area contributed by atoms with Gasteiger partial charge in [0.15, 0.2) is 0 Å². The number of hydrogen-bond acceptors (Lipinski definition) is 4. The Kier molecular flexibility index (Phi) is 3.44. The number of hydrogen-bond donors (Lipinski definition) is 2. The Morgan fingerprint density at radius 1 is 1.10 bits per heavy atom. The number of hydrazine groups is 1. The molecule has 0 bridgehead atoms. The number of nitrogens with one attached hydrogen (secondary N) is 2. The zero-order valence-corrected chi connectivity index (χ0v) is 16.5. The second kappa shape index (κ2) is 5.94. The number of rotatable bonds is 3. The van der Waals surface area contributed by atoms with Crippen LogP contribution in [0.4, 0.5) is 5.69 Å². The summed E-state index contributed by atoms with van der Waals surface area (Å²) < 4.78 is 0. The molecule has 2 aromatic carbocycles. The normalized spacial score (nSPS) is 24.1. The van der Waals surface area contributed by atoms with Gasteiger partial charge in [-0.2, -0.15) is 0 Å². The summed E-state index contributed by atoms with van der Waals surface area (Å²) in [6.07, 6.45) is 4.13. The van der Waals surface area contributed by atoms with Gasteiger partial charge in [0.05, 0.1) is 29.4 Å². The van der Waals surface area contributed by atoms with Crippen LogP contribution in [0.2, 0.25) is 0 Å². The van der Waals surface area contributed by atoms with Gasteiger partial charge in [-0.3, -0.25) is 9.69 Å². The quantitative estimate of drug-likeness (QED) is 0.725. The number of benzene rings is 2. The summed E-state index contributed by atoms with van der Waals surface area (Å²) in [5.41, 5.74) is 10.7. The van der Waals surface area contributed by atoms with E-state index in [1.807, 2.05) is 35.2 Å². The van der Waals surface area contributed by atoms with Crippen LogP contribution in [0.5, 0.6) is 0 Å². The van der Waals surface area contributed by atoms with Gasteiger partial charge in [-0.05, 0) is 49.4 Å². The first kappa shape index (κ1) is 16.8. The minimum Gasteiger partial charge on any atom is -0.345 e. The minimum atomic E-state index is -0.0958. The van der Waals surface area contributed by atoms with E-state index >= 15 is 0 Å². The molecule has 2 unspecified atom stereocenters. The first-order chi connectivity index (χ1) is 14.1. The lowest BCUT2D eigenvalue weighted by Gasteiger charge is -2.32. The van der Waals surface area contributed by atoms with Crippen molar-refractivity contribution >= 4 is 22.6 Å². The molecule has 146 valence electrons. The second-order valence-corrected chi connectivity index (χ2v) is 8.40. The SMILES string of the molecule is Cc1ccc(C2C3=C(C(=O)N2c2ccc4nc[nH]c4c2)N(C)NC3C2CC2)cc1. The molecule has 1 amide bonds. The van der Waals surface area contributed by atoms with E-state index in [4.69, 9.17) is 0 Å². The van der Waals surface area contributed by atoms with Crippen molar-refractivity contribution in [3.05, 3.63) is 71.2 Å². The summed E-state index contributed by atoms with van der Waals surface area (Å²) in [5, 5.41) is 1.94. The predicted molar refractivity (Wildman–Crippen MR) is 112 cm³/mol. The van der Waals surface area contributed by atoms with Crippen molar-refractivity contribution in [3.63, 3.8) is 0 Å². The van der Waals surface area contributed by atoms with Crippen molar-refractivity contribution < 1.29 is 4.79 Å². The van der Waals surface area contributed by atoms with Crippen LogP contribution in [0.3, 0.4) is 0 Å². The van der Waals surface area contributed by atoms with Gasteiger partial charge in [-0.1, -0.05) is 29.8 Å². The zero-order chi connectivity index (χ0) is 19.7. The Labute approximate surface area is 169 Å². The van der Waals surface area contributed by atoms with Gasteiger partial charge in [0.25, 0.3) is 5.91 Å². The van der Waals surface area contributed by atoms with Gasteiger partial charge >= 0.3 is 0 Å². The van der Waals surface area contributed by atoms with Crippen LogP contribution in [0.25, 0.3) is 11.0 Å². The average molecular weight is 385 g/mol. The van der Waals surface area contributed by atoms with Crippen LogP contribution in [0.15, 0.2) is 60.1 Å². The van der Waals surface area contributed by atoms with E-state index in [-0.39, 0.29) is 18.0 Å². The van der Waals surface area contributed by atoms with Crippen LogP contribution in [-0.4, -0.2) is 34.0 Å². The largest absolute Gasteiger partial charge is 0.345 e. The number of carbonyl (C=O) groups is 1. The summed E-state index contributed by atoms with van der Waals surface area (Å²) in [7, 11) is 1.96. The average Bonchev–Trinajstić information content (AvgIpc) is 3.23. The lowest BCUT2D eigenvalue weighted by atomic mass is 9.91. The highest BCUT2D eigenvalue weighted by Crippen LogP contribution is 2.50. The van der Waals surface area contributed by atoms with Crippen LogP contribution in [-0.2, 0) is 4.79 Å². The lowest BCUT2D eigenvalue weighted by molar-refractivity contribution is -0.116. The number of aromatic amines is 1. The molecule has 6 heteroatoms. The molecular formula is C23H23N5O. The Balaban J connectivity index is 1.53. The molecule has 1 aromatic heterocycles. The maximum absolute atomic E-state index is 13.7. The molecule has 0 radical (unpaired) electrons. The van der Waals surface area contributed by atoms with Gasteiger partial charge < -0.3 is 9.99 Å². The zero-order valence-electron chi connectivity index (χ0n) is 16.5. The molecule has 6 nitrogen and oxygen atoms in total. The number of aromatic nitrogens is 2. The summed E-state index contributed by atoms with van der Waals surface area (Å²) in [4.78, 5) is 23.1. The van der Waals surface area contributed by atoms with E-state index in [0.29, 0.717) is 5.92 Å². The van der Waals surface area contributed by atoms with Crippen LogP contribution < -0.4 is 10.3 Å². The lowest BCUT2D eigenvalue weighted by Crippen LogP contribution is -2.44. The highest BCUT2D eigenvalue weighted by Gasteiger charge is 2.52. The van der Waals surface area contributed by atoms with Gasteiger partial charge in [0.2, 0.25) is 0 Å². The number of H-pyrrole nitrogens is 1. The van der Waals surface area contributed by atoms with Crippen molar-refractivity contribution in [3.8, 4) is 0 Å². The smallest absolute Gasteiger partial charge is 0.276 e. The maximum Gasteiger partial charge on any atom is 0.276 e. The van der Waals surface area contributed by atoms with E-state index in [0.717, 1.165) is 28.0 Å². The fraction of sp³-hybridized carbons (Fsp3) is 0.304. The number of amides is 1. The second-order valence-electron chi connectivity index (χ2n) is 8.40.